The number of nitrogens with zero attached hydrogens (tertiary/aromatic N) is 2. The van der Waals surface area contributed by atoms with Crippen LogP contribution in [-0.4, -0.2) is 36.2 Å². The molecule has 1 N–H and O–H groups in total. The Morgan fingerprint density at radius 2 is 1.82 bits per heavy atom. The molecule has 1 saturated heterocycles. The van der Waals surface area contributed by atoms with Crippen LogP contribution in [0.3, 0.4) is 0 Å². The SMILES string of the molecule is CC(=O)NC[C@H]1CN(c2ccc(-c3ccc(COCc4ccncc4)cc3)c(F)c2)C(=O)O1. The Kier molecular flexibility index (Phi) is 6.95. The Morgan fingerprint density at radius 3 is 2.48 bits per heavy atom. The van der Waals surface area contributed by atoms with Gasteiger partial charge in [0, 0.05) is 24.9 Å². The summed E-state index contributed by atoms with van der Waals surface area (Å²) in [6, 6.07) is 16.0. The molecule has 0 saturated carbocycles. The van der Waals surface area contributed by atoms with Crippen LogP contribution in [0.5, 0.6) is 0 Å². The highest BCUT2D eigenvalue weighted by Crippen LogP contribution is 2.29. The van der Waals surface area contributed by atoms with E-state index in [1.807, 2.05) is 36.4 Å². The van der Waals surface area contributed by atoms with Crippen LogP contribution >= 0.6 is 0 Å². The van der Waals surface area contributed by atoms with Crippen molar-refractivity contribution in [3.05, 3.63) is 83.9 Å². The van der Waals surface area contributed by atoms with E-state index in [2.05, 4.69) is 10.3 Å². The van der Waals surface area contributed by atoms with E-state index >= 15 is 0 Å². The zero-order valence-electron chi connectivity index (χ0n) is 18.2. The van der Waals surface area contributed by atoms with Gasteiger partial charge in [-0.1, -0.05) is 24.3 Å². The zero-order valence-corrected chi connectivity index (χ0v) is 18.2. The van der Waals surface area contributed by atoms with Crippen molar-refractivity contribution in [3.8, 4) is 11.1 Å². The van der Waals surface area contributed by atoms with Gasteiger partial charge in [0.1, 0.15) is 11.9 Å². The number of anilines is 1. The summed E-state index contributed by atoms with van der Waals surface area (Å²) in [5, 5.41) is 2.62. The molecule has 8 heteroatoms. The van der Waals surface area contributed by atoms with Gasteiger partial charge in [0.05, 0.1) is 32.0 Å². The topological polar surface area (TPSA) is 80.8 Å². The molecule has 7 nitrogen and oxygen atoms in total. The van der Waals surface area contributed by atoms with Crippen molar-refractivity contribution in [1.82, 2.24) is 10.3 Å². The lowest BCUT2D eigenvalue weighted by atomic mass is 10.0. The van der Waals surface area contributed by atoms with Crippen LogP contribution in [0.1, 0.15) is 18.1 Å². The lowest BCUT2D eigenvalue weighted by Crippen LogP contribution is -2.33. The number of halogens is 1. The van der Waals surface area contributed by atoms with Crippen LogP contribution in [0.15, 0.2) is 67.0 Å². The van der Waals surface area contributed by atoms with Gasteiger partial charge in [-0.3, -0.25) is 14.7 Å². The summed E-state index contributed by atoms with van der Waals surface area (Å²) in [5.74, 6) is -0.640. The lowest BCUT2D eigenvalue weighted by molar-refractivity contribution is -0.119. The molecule has 0 unspecified atom stereocenters. The maximum atomic E-state index is 14.9. The fourth-order valence-corrected chi connectivity index (χ4v) is 3.55. The molecule has 4 rings (SSSR count). The average molecular weight is 449 g/mol. The molecule has 0 aliphatic carbocycles. The summed E-state index contributed by atoms with van der Waals surface area (Å²) < 4.78 is 25.9. The molecule has 2 aromatic carbocycles. The Morgan fingerprint density at radius 1 is 1.12 bits per heavy atom. The van der Waals surface area contributed by atoms with E-state index < -0.39 is 18.0 Å². The quantitative estimate of drug-likeness (QED) is 0.561. The van der Waals surface area contributed by atoms with E-state index in [1.165, 1.54) is 17.9 Å². The average Bonchev–Trinajstić information content (AvgIpc) is 3.19. The standard InChI is InChI=1S/C25H24FN3O4/c1-17(30)28-13-22-14-29(25(31)33-22)21-6-7-23(24(26)12-21)20-4-2-18(3-5-20)15-32-16-19-8-10-27-11-9-19/h2-12,22H,13-16H2,1H3,(H,28,30)/t22-/m0/s1. The number of benzene rings is 2. The minimum Gasteiger partial charge on any atom is -0.442 e. The van der Waals surface area contributed by atoms with Crippen LogP contribution < -0.4 is 10.2 Å². The second-order valence-corrected chi connectivity index (χ2v) is 7.76. The van der Waals surface area contributed by atoms with Crippen molar-refractivity contribution in [2.45, 2.75) is 26.2 Å². The van der Waals surface area contributed by atoms with Gasteiger partial charge >= 0.3 is 6.09 Å². The molecule has 1 fully saturated rings. The largest absolute Gasteiger partial charge is 0.442 e. The van der Waals surface area contributed by atoms with E-state index in [1.54, 1.807) is 24.5 Å². The molecule has 1 aliphatic rings. The first-order valence-electron chi connectivity index (χ1n) is 10.6. The fraction of sp³-hybridized carbons (Fsp3) is 0.240. The van der Waals surface area contributed by atoms with Gasteiger partial charge < -0.3 is 14.8 Å². The molecule has 33 heavy (non-hydrogen) atoms. The Labute approximate surface area is 191 Å². The van der Waals surface area contributed by atoms with Crippen LogP contribution in [0, 0.1) is 5.82 Å². The maximum Gasteiger partial charge on any atom is 0.414 e. The van der Waals surface area contributed by atoms with Crippen LogP contribution in [-0.2, 0) is 27.5 Å². The van der Waals surface area contributed by atoms with Crippen molar-refractivity contribution in [2.75, 3.05) is 18.0 Å². The first-order chi connectivity index (χ1) is 16.0. The molecule has 0 spiro atoms. The van der Waals surface area contributed by atoms with Crippen molar-refractivity contribution in [1.29, 1.82) is 0 Å². The molecule has 2 amide bonds. The highest BCUT2D eigenvalue weighted by atomic mass is 19.1. The number of hydrogen-bond donors (Lipinski definition) is 1. The summed E-state index contributed by atoms with van der Waals surface area (Å²) in [4.78, 5) is 28.6. The zero-order chi connectivity index (χ0) is 23.2. The molecule has 0 radical (unpaired) electrons. The second-order valence-electron chi connectivity index (χ2n) is 7.76. The first kappa shape index (κ1) is 22.4. The summed E-state index contributed by atoms with van der Waals surface area (Å²) in [6.07, 6.45) is 2.42. The number of ether oxygens (including phenoxy) is 2. The van der Waals surface area contributed by atoms with Crippen molar-refractivity contribution in [3.63, 3.8) is 0 Å². The number of carbonyl (C=O) groups excluding carboxylic acids is 2. The van der Waals surface area contributed by atoms with Gasteiger partial charge in [-0.25, -0.2) is 9.18 Å². The molecule has 170 valence electrons. The molecule has 2 heterocycles. The van der Waals surface area contributed by atoms with E-state index in [0.717, 1.165) is 16.7 Å². The molecule has 1 atom stereocenters. The highest BCUT2D eigenvalue weighted by Gasteiger charge is 2.32. The van der Waals surface area contributed by atoms with Crippen molar-refractivity contribution in [2.24, 2.45) is 0 Å². The van der Waals surface area contributed by atoms with Gasteiger partial charge in [-0.15, -0.1) is 0 Å². The number of amides is 2. The van der Waals surface area contributed by atoms with Gasteiger partial charge in [0.25, 0.3) is 0 Å². The van der Waals surface area contributed by atoms with Crippen LogP contribution in [0.4, 0.5) is 14.9 Å². The van der Waals surface area contributed by atoms with Crippen LogP contribution in [0.2, 0.25) is 0 Å². The lowest BCUT2D eigenvalue weighted by Gasteiger charge is -2.15. The normalized spacial score (nSPS) is 15.4. The third kappa shape index (κ3) is 5.72. The summed E-state index contributed by atoms with van der Waals surface area (Å²) >= 11 is 0. The predicted molar refractivity (Wildman–Crippen MR) is 121 cm³/mol. The Balaban J connectivity index is 1.37. The maximum absolute atomic E-state index is 14.9. The molecule has 1 aromatic heterocycles. The monoisotopic (exact) mass is 449 g/mol. The number of rotatable bonds is 8. The summed E-state index contributed by atoms with van der Waals surface area (Å²) in [6.45, 7) is 2.79. The number of nitrogens with one attached hydrogen (secondary N) is 1. The highest BCUT2D eigenvalue weighted by molar-refractivity contribution is 5.90. The first-order valence-corrected chi connectivity index (χ1v) is 10.6. The van der Waals surface area contributed by atoms with E-state index in [0.29, 0.717) is 24.5 Å². The molecule has 1 aliphatic heterocycles. The minimum absolute atomic E-state index is 0.203. The van der Waals surface area contributed by atoms with E-state index in [4.69, 9.17) is 9.47 Å². The number of hydrogen-bond acceptors (Lipinski definition) is 5. The molecule has 0 bridgehead atoms. The number of carbonyl (C=O) groups is 2. The Hall–Kier alpha value is -3.78. The minimum atomic E-state index is -0.561. The van der Waals surface area contributed by atoms with E-state index in [9.17, 15) is 14.0 Å². The van der Waals surface area contributed by atoms with Gasteiger partial charge in [-0.2, -0.15) is 0 Å². The smallest absolute Gasteiger partial charge is 0.414 e. The van der Waals surface area contributed by atoms with Crippen molar-refractivity contribution < 1.29 is 23.5 Å². The third-order valence-corrected chi connectivity index (χ3v) is 5.27. The number of pyridine rings is 1. The second kappa shape index (κ2) is 10.2. The van der Waals surface area contributed by atoms with Crippen molar-refractivity contribution >= 4 is 17.7 Å². The summed E-state index contributed by atoms with van der Waals surface area (Å²) in [7, 11) is 0. The molecule has 3 aromatic rings. The van der Waals surface area contributed by atoms with E-state index in [-0.39, 0.29) is 19.0 Å². The number of aromatic nitrogens is 1. The molecular weight excluding hydrogens is 425 g/mol. The number of cyclic esters (lactones) is 1. The van der Waals surface area contributed by atoms with Gasteiger partial charge in [0.2, 0.25) is 5.91 Å². The predicted octanol–water partition coefficient (Wildman–Crippen LogP) is 4.07. The fourth-order valence-electron chi connectivity index (χ4n) is 3.55. The summed E-state index contributed by atoms with van der Waals surface area (Å²) in [5.41, 5.74) is 3.60. The van der Waals surface area contributed by atoms with Crippen LogP contribution in [0.25, 0.3) is 11.1 Å². The molecular formula is C25H24FN3O4. The third-order valence-electron chi connectivity index (χ3n) is 5.27. The van der Waals surface area contributed by atoms with Gasteiger partial charge in [0.15, 0.2) is 0 Å². The Bertz CT molecular complexity index is 1120. The van der Waals surface area contributed by atoms with Gasteiger partial charge in [-0.05, 0) is 47.0 Å².